The van der Waals surface area contributed by atoms with Crippen LogP contribution in [0.4, 0.5) is 13.2 Å². The van der Waals surface area contributed by atoms with E-state index in [1.54, 1.807) is 23.9 Å². The minimum atomic E-state index is -1.49. The molecule has 0 spiro atoms. The summed E-state index contributed by atoms with van der Waals surface area (Å²) in [7, 11) is 0. The lowest BCUT2D eigenvalue weighted by molar-refractivity contribution is 0.433. The number of hydrazine groups is 1. The fourth-order valence-corrected chi connectivity index (χ4v) is 2.71. The topological polar surface area (TPSA) is 38.0 Å². The van der Waals surface area contributed by atoms with Crippen molar-refractivity contribution >= 4 is 11.8 Å². The highest BCUT2D eigenvalue weighted by atomic mass is 32.2. The number of nitrogens with two attached hydrogens (primary N) is 1. The molecule has 2 aromatic rings. The van der Waals surface area contributed by atoms with E-state index in [9.17, 15) is 13.2 Å². The van der Waals surface area contributed by atoms with Crippen LogP contribution in [0.1, 0.15) is 24.1 Å². The largest absolute Gasteiger partial charge is 0.271 e. The molecular formula is C15H15F3N2S. The fraction of sp³-hybridized carbons (Fsp3) is 0.200. The molecule has 0 aliphatic carbocycles. The minimum Gasteiger partial charge on any atom is -0.271 e. The van der Waals surface area contributed by atoms with Gasteiger partial charge in [-0.05, 0) is 29.5 Å². The molecule has 21 heavy (non-hydrogen) atoms. The van der Waals surface area contributed by atoms with Crippen molar-refractivity contribution in [2.24, 2.45) is 5.84 Å². The summed E-state index contributed by atoms with van der Waals surface area (Å²) < 4.78 is 40.2. The summed E-state index contributed by atoms with van der Waals surface area (Å²) in [6.45, 7) is 2.04. The zero-order chi connectivity index (χ0) is 15.4. The Morgan fingerprint density at radius 2 is 1.71 bits per heavy atom. The van der Waals surface area contributed by atoms with E-state index in [-0.39, 0.29) is 5.56 Å². The van der Waals surface area contributed by atoms with Crippen LogP contribution in [0.15, 0.2) is 41.3 Å². The predicted octanol–water partition coefficient (Wildman–Crippen LogP) is 3.77. The Morgan fingerprint density at radius 3 is 2.29 bits per heavy atom. The molecule has 112 valence electrons. The zero-order valence-corrected chi connectivity index (χ0v) is 12.2. The molecule has 0 radical (unpaired) electrons. The number of rotatable bonds is 5. The molecule has 0 heterocycles. The predicted molar refractivity (Wildman–Crippen MR) is 78.3 cm³/mol. The van der Waals surface area contributed by atoms with E-state index in [1.165, 1.54) is 6.07 Å². The summed E-state index contributed by atoms with van der Waals surface area (Å²) in [6.07, 6.45) is 0. The van der Waals surface area contributed by atoms with Gasteiger partial charge in [-0.3, -0.25) is 5.84 Å². The van der Waals surface area contributed by atoms with Crippen LogP contribution in [-0.4, -0.2) is 5.75 Å². The van der Waals surface area contributed by atoms with E-state index in [0.717, 1.165) is 16.7 Å². The lowest BCUT2D eigenvalue weighted by atomic mass is 9.98. The van der Waals surface area contributed by atoms with Crippen LogP contribution in [0.3, 0.4) is 0 Å². The van der Waals surface area contributed by atoms with Gasteiger partial charge in [-0.2, -0.15) is 0 Å². The molecule has 0 amide bonds. The number of hydrogen-bond donors (Lipinski definition) is 2. The van der Waals surface area contributed by atoms with E-state index >= 15 is 0 Å². The summed E-state index contributed by atoms with van der Waals surface area (Å²) in [5.74, 6) is 2.45. The monoisotopic (exact) mass is 312 g/mol. The second-order valence-corrected chi connectivity index (χ2v) is 5.70. The third-order valence-corrected chi connectivity index (χ3v) is 3.96. The lowest BCUT2D eigenvalue weighted by Gasteiger charge is -2.18. The molecule has 0 aliphatic rings. The van der Waals surface area contributed by atoms with Gasteiger partial charge in [0, 0.05) is 10.5 Å². The number of halogens is 3. The van der Waals surface area contributed by atoms with Crippen molar-refractivity contribution in [1.82, 2.24) is 5.43 Å². The molecular weight excluding hydrogens is 297 g/mol. The Labute approximate surface area is 125 Å². The molecule has 1 unspecified atom stereocenters. The Kier molecular flexibility index (Phi) is 5.27. The summed E-state index contributed by atoms with van der Waals surface area (Å²) in [5, 5.41) is 0. The van der Waals surface area contributed by atoms with Gasteiger partial charge >= 0.3 is 0 Å². The van der Waals surface area contributed by atoms with Crippen molar-refractivity contribution in [1.29, 1.82) is 0 Å². The Hall–Kier alpha value is -1.50. The lowest BCUT2D eigenvalue weighted by Crippen LogP contribution is -2.29. The maximum absolute atomic E-state index is 13.9. The van der Waals surface area contributed by atoms with Crippen molar-refractivity contribution in [3.63, 3.8) is 0 Å². The van der Waals surface area contributed by atoms with Crippen LogP contribution in [0, 0.1) is 17.5 Å². The van der Waals surface area contributed by atoms with Crippen LogP contribution in [-0.2, 0) is 0 Å². The first kappa shape index (κ1) is 15.9. The van der Waals surface area contributed by atoms with E-state index in [4.69, 9.17) is 5.84 Å². The van der Waals surface area contributed by atoms with Gasteiger partial charge in [-0.1, -0.05) is 25.1 Å². The van der Waals surface area contributed by atoms with Crippen molar-refractivity contribution in [3.05, 3.63) is 65.0 Å². The van der Waals surface area contributed by atoms with Crippen LogP contribution in [0.2, 0.25) is 0 Å². The third-order valence-electron chi connectivity index (χ3n) is 3.07. The van der Waals surface area contributed by atoms with Gasteiger partial charge in [0.05, 0.1) is 6.04 Å². The van der Waals surface area contributed by atoms with Gasteiger partial charge in [0.2, 0.25) is 0 Å². The molecule has 0 fully saturated rings. The molecule has 1 atom stereocenters. The maximum Gasteiger partial charge on any atom is 0.194 e. The van der Waals surface area contributed by atoms with Gasteiger partial charge < -0.3 is 0 Å². The number of nitrogens with one attached hydrogen (secondary N) is 1. The molecule has 2 rings (SSSR count). The second-order valence-electron chi connectivity index (χ2n) is 4.37. The standard InChI is InChI=1S/C15H15F3N2S/c1-2-21-10-5-3-9(4-6-10)15(20-19)11-7-8-12(16)14(18)13(11)17/h3-8,15,20H,2,19H2,1H3. The Bertz CT molecular complexity index is 617. The van der Waals surface area contributed by atoms with Crippen LogP contribution in [0.5, 0.6) is 0 Å². The fourth-order valence-electron chi connectivity index (χ4n) is 2.05. The minimum absolute atomic E-state index is 0.0349. The molecule has 2 aromatic carbocycles. The highest BCUT2D eigenvalue weighted by molar-refractivity contribution is 7.99. The van der Waals surface area contributed by atoms with E-state index in [1.807, 2.05) is 19.1 Å². The number of thioether (sulfide) groups is 1. The average Bonchev–Trinajstić information content (AvgIpc) is 2.50. The Balaban J connectivity index is 2.37. The summed E-state index contributed by atoms with van der Waals surface area (Å²) in [6, 6.07) is 8.65. The van der Waals surface area contributed by atoms with Crippen LogP contribution >= 0.6 is 11.8 Å². The zero-order valence-electron chi connectivity index (χ0n) is 11.4. The molecule has 0 saturated carbocycles. The van der Waals surface area contributed by atoms with Gasteiger partial charge in [0.1, 0.15) is 0 Å². The second kappa shape index (κ2) is 6.98. The van der Waals surface area contributed by atoms with Crippen molar-refractivity contribution in [2.75, 3.05) is 5.75 Å². The maximum atomic E-state index is 13.9. The smallest absolute Gasteiger partial charge is 0.194 e. The third kappa shape index (κ3) is 3.40. The SMILES string of the molecule is CCSc1ccc(C(NN)c2ccc(F)c(F)c2F)cc1. The molecule has 3 N–H and O–H groups in total. The highest BCUT2D eigenvalue weighted by Crippen LogP contribution is 2.28. The summed E-state index contributed by atoms with van der Waals surface area (Å²) in [4.78, 5) is 1.07. The van der Waals surface area contributed by atoms with Gasteiger partial charge in [-0.15, -0.1) is 11.8 Å². The van der Waals surface area contributed by atoms with Crippen LogP contribution < -0.4 is 11.3 Å². The highest BCUT2D eigenvalue weighted by Gasteiger charge is 2.21. The van der Waals surface area contributed by atoms with Gasteiger partial charge in [0.15, 0.2) is 17.5 Å². The van der Waals surface area contributed by atoms with Crippen molar-refractivity contribution in [3.8, 4) is 0 Å². The molecule has 0 bridgehead atoms. The number of benzene rings is 2. The summed E-state index contributed by atoms with van der Waals surface area (Å²) in [5.41, 5.74) is 3.07. The summed E-state index contributed by atoms with van der Waals surface area (Å²) >= 11 is 1.67. The average molecular weight is 312 g/mol. The molecule has 0 aromatic heterocycles. The number of hydrogen-bond acceptors (Lipinski definition) is 3. The molecule has 0 saturated heterocycles. The van der Waals surface area contributed by atoms with E-state index < -0.39 is 23.5 Å². The van der Waals surface area contributed by atoms with E-state index in [2.05, 4.69) is 5.43 Å². The van der Waals surface area contributed by atoms with Crippen LogP contribution in [0.25, 0.3) is 0 Å². The molecule has 0 aliphatic heterocycles. The van der Waals surface area contributed by atoms with Gasteiger partial charge in [-0.25, -0.2) is 18.6 Å². The van der Waals surface area contributed by atoms with E-state index in [0.29, 0.717) is 5.56 Å². The first-order valence-electron chi connectivity index (χ1n) is 6.40. The van der Waals surface area contributed by atoms with Crippen molar-refractivity contribution < 1.29 is 13.2 Å². The normalized spacial score (nSPS) is 12.4. The molecule has 2 nitrogen and oxygen atoms in total. The molecule has 6 heteroatoms. The van der Waals surface area contributed by atoms with Crippen molar-refractivity contribution in [2.45, 2.75) is 17.9 Å². The first-order valence-corrected chi connectivity index (χ1v) is 7.39. The van der Waals surface area contributed by atoms with Gasteiger partial charge in [0.25, 0.3) is 0 Å². The first-order chi connectivity index (χ1) is 10.1. The Morgan fingerprint density at radius 1 is 1.05 bits per heavy atom. The quantitative estimate of drug-likeness (QED) is 0.382.